The molecule has 1 N–H and O–H groups in total. The number of nitrogens with zero attached hydrogens (tertiary/aromatic N) is 4. The van der Waals surface area contributed by atoms with Crippen molar-refractivity contribution in [3.63, 3.8) is 0 Å². The van der Waals surface area contributed by atoms with E-state index in [1.54, 1.807) is 17.3 Å². The van der Waals surface area contributed by atoms with Crippen LogP contribution in [0.15, 0.2) is 48.8 Å². The van der Waals surface area contributed by atoms with Gasteiger partial charge in [-0.2, -0.15) is 0 Å². The van der Waals surface area contributed by atoms with E-state index in [2.05, 4.69) is 22.1 Å². The summed E-state index contributed by atoms with van der Waals surface area (Å²) in [6.45, 7) is 15.7. The van der Waals surface area contributed by atoms with E-state index in [-0.39, 0.29) is 24.4 Å². The first-order valence-corrected chi connectivity index (χ1v) is 17.0. The number of hydrogen-bond acceptors (Lipinski definition) is 10. The number of likely N-dealkylation sites (tertiary alicyclic amines) is 2. The van der Waals surface area contributed by atoms with Crippen molar-refractivity contribution in [1.82, 2.24) is 19.8 Å². The van der Waals surface area contributed by atoms with Gasteiger partial charge >= 0.3 is 12.2 Å². The van der Waals surface area contributed by atoms with Crippen molar-refractivity contribution < 1.29 is 38.4 Å². The van der Waals surface area contributed by atoms with Crippen molar-refractivity contribution in [3.05, 3.63) is 65.1 Å². The molecule has 4 aliphatic rings. The van der Waals surface area contributed by atoms with E-state index in [9.17, 15) is 9.59 Å². The molecule has 268 valence electrons. The molecule has 6 heterocycles. The van der Waals surface area contributed by atoms with Crippen molar-refractivity contribution in [3.8, 4) is 5.88 Å². The summed E-state index contributed by atoms with van der Waals surface area (Å²) in [5, 5.41) is 9.50. The molecule has 13 heteroatoms. The van der Waals surface area contributed by atoms with E-state index in [1.165, 1.54) is 16.0 Å². The second-order valence-electron chi connectivity index (χ2n) is 14.0. The van der Waals surface area contributed by atoms with Crippen LogP contribution >= 0.6 is 11.6 Å². The molecule has 49 heavy (non-hydrogen) atoms. The Balaban J connectivity index is 0.000000182. The van der Waals surface area contributed by atoms with Crippen LogP contribution in [0.4, 0.5) is 9.59 Å². The maximum absolute atomic E-state index is 12.0. The predicted octanol–water partition coefficient (Wildman–Crippen LogP) is 6.02. The van der Waals surface area contributed by atoms with Crippen LogP contribution in [-0.4, -0.2) is 113 Å². The number of aliphatic hydroxyl groups is 1. The number of pyridine rings is 2. The molecule has 0 radical (unpaired) electrons. The first-order valence-electron chi connectivity index (χ1n) is 16.6. The molecular weight excluding hydrogens is 652 g/mol. The van der Waals surface area contributed by atoms with E-state index < -0.39 is 11.2 Å². The molecule has 2 fully saturated rings. The number of aromatic nitrogens is 2. The molecule has 0 atom stereocenters. The topological polar surface area (TPSA) is 133 Å². The zero-order valence-electron chi connectivity index (χ0n) is 29.3. The number of hydrogen-bond donors (Lipinski definition) is 1. The highest BCUT2D eigenvalue weighted by Crippen LogP contribution is 2.30. The number of amides is 2. The van der Waals surface area contributed by atoms with Crippen molar-refractivity contribution in [2.24, 2.45) is 0 Å². The average molecular weight is 701 g/mol. The van der Waals surface area contributed by atoms with E-state index in [4.69, 9.17) is 40.4 Å². The Bertz CT molecular complexity index is 1470. The minimum atomic E-state index is -0.479. The minimum Gasteiger partial charge on any atom is -0.470 e. The normalized spacial score (nSPS) is 18.2. The fraction of sp³-hybridized carbons (Fsp3) is 0.556. The molecule has 12 nitrogen and oxygen atoms in total. The van der Waals surface area contributed by atoms with Crippen LogP contribution in [0.1, 0.15) is 65.5 Å². The van der Waals surface area contributed by atoms with E-state index in [1.807, 2.05) is 65.8 Å². The molecule has 0 spiro atoms. The lowest BCUT2D eigenvalue weighted by Gasteiger charge is -2.39. The molecule has 4 aliphatic heterocycles. The van der Waals surface area contributed by atoms with Gasteiger partial charge in [-0.05, 0) is 83.7 Å². The zero-order valence-corrected chi connectivity index (χ0v) is 30.1. The van der Waals surface area contributed by atoms with Crippen molar-refractivity contribution >= 4 is 34.9 Å². The molecule has 2 amide bonds. The molecule has 0 unspecified atom stereocenters. The highest BCUT2D eigenvalue weighted by molar-refractivity contribution is 6.31. The number of rotatable bonds is 4. The van der Waals surface area contributed by atoms with Gasteiger partial charge in [-0.1, -0.05) is 29.8 Å². The number of carbonyl (C=O) groups excluding carboxylic acids is 2. The Hall–Kier alpha value is -3.71. The van der Waals surface area contributed by atoms with Gasteiger partial charge in [0.1, 0.15) is 22.5 Å². The average Bonchev–Trinajstić information content (AvgIpc) is 3.01. The largest absolute Gasteiger partial charge is 0.470 e. The van der Waals surface area contributed by atoms with Crippen molar-refractivity contribution in [2.75, 3.05) is 52.6 Å². The van der Waals surface area contributed by atoms with Crippen LogP contribution in [0.25, 0.3) is 11.1 Å². The smallest absolute Gasteiger partial charge is 0.410 e. The number of β-amino-alcohol motifs (C(OH)–C–C–N with tert-alkyl or cyclic N) is 1. The lowest BCUT2D eigenvalue weighted by molar-refractivity contribution is -0.0303. The third-order valence-corrected chi connectivity index (χ3v) is 7.74. The molecule has 2 aromatic heterocycles. The van der Waals surface area contributed by atoms with Gasteiger partial charge in [-0.25, -0.2) is 19.6 Å². The van der Waals surface area contributed by atoms with Crippen molar-refractivity contribution in [2.45, 2.75) is 77.8 Å². The second-order valence-corrected chi connectivity index (χ2v) is 14.3. The summed E-state index contributed by atoms with van der Waals surface area (Å²) in [6, 6.07) is 7.82. The summed E-state index contributed by atoms with van der Waals surface area (Å²) in [7, 11) is 0. The summed E-state index contributed by atoms with van der Waals surface area (Å²) in [5.74, 6) is 0.625. The van der Waals surface area contributed by atoms with Gasteiger partial charge in [0.15, 0.2) is 0 Å². The Kier molecular flexibility index (Phi) is 13.4. The zero-order chi connectivity index (χ0) is 35.6. The molecule has 2 saturated heterocycles. The number of ether oxygens (including phenoxy) is 5. The lowest BCUT2D eigenvalue weighted by atomic mass is 10.0. The summed E-state index contributed by atoms with van der Waals surface area (Å²) in [6.07, 6.45) is 8.29. The fourth-order valence-corrected chi connectivity index (χ4v) is 5.22. The molecule has 0 aromatic carbocycles. The minimum absolute atomic E-state index is 0.0494. The monoisotopic (exact) mass is 700 g/mol. The quantitative estimate of drug-likeness (QED) is 0.378. The van der Waals surface area contributed by atoms with Crippen molar-refractivity contribution in [1.29, 1.82) is 0 Å². The Morgan fingerprint density at radius 2 is 1.29 bits per heavy atom. The fourth-order valence-electron chi connectivity index (χ4n) is 4.97. The standard InChI is InChI=1S/C18H24N2O4.C10H10ClNO.C8H15NO3/c1-18(2,3)24-17(21)20-11-14(12-20)23-16-15(5-4-8-19-16)13-6-9-22-10-7-13;11-10-9(2-1-5-12-10)8-3-6-13-7-4-8;1-8(2,3)12-7(11)9-4-6(10)5-9/h4-6,8,14H,7,9-12H2,1-3H3;1-3,5H,4,6-7H2;6,10H,4-5H2,1-3H3. The second kappa shape index (κ2) is 17.3. The van der Waals surface area contributed by atoms with Crippen LogP contribution in [0.3, 0.4) is 0 Å². The summed E-state index contributed by atoms with van der Waals surface area (Å²) >= 11 is 5.96. The van der Waals surface area contributed by atoms with Gasteiger partial charge in [-0.15, -0.1) is 0 Å². The van der Waals surface area contributed by atoms with Crippen LogP contribution < -0.4 is 4.74 Å². The Morgan fingerprint density at radius 1 is 0.796 bits per heavy atom. The molecular formula is C36H49ClN4O8. The van der Waals surface area contributed by atoms with Gasteiger partial charge < -0.3 is 38.6 Å². The molecule has 0 saturated carbocycles. The molecule has 6 rings (SSSR count). The molecule has 2 aromatic rings. The van der Waals surface area contributed by atoms with Gasteiger partial charge in [0.2, 0.25) is 5.88 Å². The highest BCUT2D eigenvalue weighted by Gasteiger charge is 2.36. The third kappa shape index (κ3) is 12.3. The summed E-state index contributed by atoms with van der Waals surface area (Å²) in [5.41, 5.74) is 3.56. The number of aliphatic hydroxyl groups excluding tert-OH is 1. The van der Waals surface area contributed by atoms with Gasteiger partial charge in [0.05, 0.1) is 58.7 Å². The van der Waals surface area contributed by atoms with Gasteiger partial charge in [0.25, 0.3) is 0 Å². The first kappa shape index (κ1) is 38.1. The van der Waals surface area contributed by atoms with Crippen LogP contribution in [0.2, 0.25) is 5.15 Å². The molecule has 0 bridgehead atoms. The maximum atomic E-state index is 12.0. The van der Waals surface area contributed by atoms with E-state index >= 15 is 0 Å². The van der Waals surface area contributed by atoms with Gasteiger partial charge in [0, 0.05) is 23.5 Å². The Morgan fingerprint density at radius 3 is 1.76 bits per heavy atom. The SMILES string of the molecule is CC(C)(C)OC(=O)N1CC(O)C1.CC(C)(C)OC(=O)N1CC(Oc2ncccc2C2=CCOCC2)C1.Clc1ncccc1C1=CCOCC1. The van der Waals surface area contributed by atoms with Crippen LogP contribution in [-0.2, 0) is 18.9 Å². The van der Waals surface area contributed by atoms with Gasteiger partial charge in [-0.3, -0.25) is 0 Å². The molecule has 0 aliphatic carbocycles. The predicted molar refractivity (Wildman–Crippen MR) is 186 cm³/mol. The number of halogens is 1. The highest BCUT2D eigenvalue weighted by atomic mass is 35.5. The first-order chi connectivity index (χ1) is 23.2. The summed E-state index contributed by atoms with van der Waals surface area (Å²) in [4.78, 5) is 34.7. The van der Waals surface area contributed by atoms with Crippen LogP contribution in [0.5, 0.6) is 5.88 Å². The summed E-state index contributed by atoms with van der Waals surface area (Å²) < 4.78 is 27.0. The van der Waals surface area contributed by atoms with Crippen LogP contribution in [0, 0.1) is 0 Å². The van der Waals surface area contributed by atoms with E-state index in [0.717, 1.165) is 37.2 Å². The lowest BCUT2D eigenvalue weighted by Crippen LogP contribution is -2.57. The maximum Gasteiger partial charge on any atom is 0.410 e. The third-order valence-electron chi connectivity index (χ3n) is 7.44. The Labute approximate surface area is 294 Å². The number of carbonyl (C=O) groups is 2. The van der Waals surface area contributed by atoms with E-state index in [0.29, 0.717) is 50.4 Å².